The van der Waals surface area contributed by atoms with Crippen LogP contribution < -0.4 is 5.73 Å². The van der Waals surface area contributed by atoms with Crippen LogP contribution in [0.2, 0.25) is 0 Å². The molecule has 1 nitrogen and oxygen atoms in total. The monoisotopic (exact) mass is 269 g/mol. The van der Waals surface area contributed by atoms with Crippen LogP contribution >= 0.6 is 11.8 Å². The van der Waals surface area contributed by atoms with Gasteiger partial charge in [0.1, 0.15) is 0 Å². The summed E-state index contributed by atoms with van der Waals surface area (Å²) in [6, 6.07) is 0.458. The summed E-state index contributed by atoms with van der Waals surface area (Å²) in [7, 11) is 0. The Bertz CT molecular complexity index is 258. The molecule has 0 radical (unpaired) electrons. The van der Waals surface area contributed by atoms with E-state index in [0.29, 0.717) is 11.5 Å². The van der Waals surface area contributed by atoms with Crippen LogP contribution in [0.15, 0.2) is 0 Å². The molecule has 2 heteroatoms. The number of thioether (sulfide) groups is 1. The van der Waals surface area contributed by atoms with Gasteiger partial charge in [-0.3, -0.25) is 0 Å². The molecule has 3 unspecified atom stereocenters. The molecular weight excluding hydrogens is 238 g/mol. The minimum atomic E-state index is 0.458. The second-order valence-electron chi connectivity index (χ2n) is 7.10. The second-order valence-corrected chi connectivity index (χ2v) is 8.64. The first-order chi connectivity index (χ1) is 8.53. The summed E-state index contributed by atoms with van der Waals surface area (Å²) >= 11 is 2.24. The molecule has 2 rings (SSSR count). The molecule has 106 valence electrons. The molecule has 0 amide bonds. The van der Waals surface area contributed by atoms with E-state index in [-0.39, 0.29) is 0 Å². The van der Waals surface area contributed by atoms with Gasteiger partial charge in [0.2, 0.25) is 0 Å². The average molecular weight is 269 g/mol. The van der Waals surface area contributed by atoms with E-state index in [1.807, 2.05) is 0 Å². The van der Waals surface area contributed by atoms with Crippen molar-refractivity contribution in [2.75, 3.05) is 0 Å². The van der Waals surface area contributed by atoms with Crippen LogP contribution in [0.3, 0.4) is 0 Å². The van der Waals surface area contributed by atoms with Crippen molar-refractivity contribution in [3.63, 3.8) is 0 Å². The highest BCUT2D eigenvalue weighted by Crippen LogP contribution is 2.45. The Morgan fingerprint density at radius 3 is 2.39 bits per heavy atom. The third-order valence-electron chi connectivity index (χ3n) is 5.53. The van der Waals surface area contributed by atoms with Gasteiger partial charge in [0.25, 0.3) is 0 Å². The summed E-state index contributed by atoms with van der Waals surface area (Å²) in [5.74, 6) is 0.890. The molecule has 18 heavy (non-hydrogen) atoms. The van der Waals surface area contributed by atoms with Gasteiger partial charge in [0, 0.05) is 16.5 Å². The summed E-state index contributed by atoms with van der Waals surface area (Å²) in [6.07, 6.45) is 11.0. The molecule has 2 N–H and O–H groups in total. The first kappa shape index (κ1) is 14.7. The molecule has 2 aliphatic carbocycles. The lowest BCUT2D eigenvalue weighted by molar-refractivity contribution is 0.148. The predicted molar refractivity (Wildman–Crippen MR) is 83.0 cm³/mol. The first-order valence-electron chi connectivity index (χ1n) is 7.94. The maximum atomic E-state index is 6.38. The van der Waals surface area contributed by atoms with Crippen molar-refractivity contribution in [3.8, 4) is 0 Å². The van der Waals surface area contributed by atoms with E-state index < -0.39 is 0 Å². The van der Waals surface area contributed by atoms with Crippen LogP contribution in [0.5, 0.6) is 0 Å². The molecular formula is C16H31NS. The molecule has 0 bridgehead atoms. The van der Waals surface area contributed by atoms with Gasteiger partial charge in [-0.2, -0.15) is 11.8 Å². The quantitative estimate of drug-likeness (QED) is 0.807. The van der Waals surface area contributed by atoms with Gasteiger partial charge >= 0.3 is 0 Å². The standard InChI is InChI=1S/C16H31NS/c1-4-16(2,3)12-9-10-14(17)15(11-12)18-13-7-5-6-8-13/h12-15H,4-11,17H2,1-3H3. The molecule has 2 aliphatic rings. The Morgan fingerprint density at radius 1 is 1.11 bits per heavy atom. The van der Waals surface area contributed by atoms with Crippen molar-refractivity contribution in [1.82, 2.24) is 0 Å². The lowest BCUT2D eigenvalue weighted by Gasteiger charge is -2.42. The minimum absolute atomic E-state index is 0.458. The second kappa shape index (κ2) is 6.17. The smallest absolute Gasteiger partial charge is 0.0204 e. The van der Waals surface area contributed by atoms with Crippen molar-refractivity contribution in [3.05, 3.63) is 0 Å². The van der Waals surface area contributed by atoms with E-state index in [4.69, 9.17) is 5.73 Å². The van der Waals surface area contributed by atoms with Crippen LogP contribution in [-0.2, 0) is 0 Å². The number of hydrogen-bond acceptors (Lipinski definition) is 2. The van der Waals surface area contributed by atoms with Gasteiger partial charge in [-0.1, -0.05) is 40.0 Å². The summed E-state index contributed by atoms with van der Waals surface area (Å²) in [5, 5.41) is 1.65. The molecule has 2 saturated carbocycles. The summed E-state index contributed by atoms with van der Waals surface area (Å²) in [6.45, 7) is 7.24. The Labute approximate surface area is 118 Å². The maximum Gasteiger partial charge on any atom is 0.0204 e. The largest absolute Gasteiger partial charge is 0.327 e. The third-order valence-corrected chi connectivity index (χ3v) is 7.28. The number of rotatable bonds is 4. The van der Waals surface area contributed by atoms with Crippen molar-refractivity contribution in [2.45, 2.75) is 88.7 Å². The predicted octanol–water partition coefficient (Wildman–Crippen LogP) is 4.59. The Hall–Kier alpha value is 0.310. The zero-order chi connectivity index (χ0) is 13.2. The highest BCUT2D eigenvalue weighted by Gasteiger charge is 2.37. The highest BCUT2D eigenvalue weighted by atomic mass is 32.2. The summed E-state index contributed by atoms with van der Waals surface area (Å²) < 4.78 is 0. The lowest BCUT2D eigenvalue weighted by atomic mass is 9.69. The Kier molecular flexibility index (Phi) is 5.05. The maximum absolute atomic E-state index is 6.38. The fourth-order valence-corrected chi connectivity index (χ4v) is 5.36. The molecule has 0 spiro atoms. The number of hydrogen-bond donors (Lipinski definition) is 1. The molecule has 0 aliphatic heterocycles. The molecule has 0 aromatic rings. The average Bonchev–Trinajstić information content (AvgIpc) is 2.84. The van der Waals surface area contributed by atoms with Crippen LogP contribution in [0, 0.1) is 11.3 Å². The van der Waals surface area contributed by atoms with Gasteiger partial charge in [-0.25, -0.2) is 0 Å². The first-order valence-corrected chi connectivity index (χ1v) is 8.88. The van der Waals surface area contributed by atoms with Crippen molar-refractivity contribution < 1.29 is 0 Å². The van der Waals surface area contributed by atoms with E-state index >= 15 is 0 Å². The molecule has 2 fully saturated rings. The van der Waals surface area contributed by atoms with Gasteiger partial charge in [0.05, 0.1) is 0 Å². The van der Waals surface area contributed by atoms with Gasteiger partial charge in [-0.15, -0.1) is 0 Å². The van der Waals surface area contributed by atoms with Crippen LogP contribution in [0.25, 0.3) is 0 Å². The van der Waals surface area contributed by atoms with E-state index in [2.05, 4.69) is 32.5 Å². The van der Waals surface area contributed by atoms with Crippen molar-refractivity contribution >= 4 is 11.8 Å². The fourth-order valence-electron chi connectivity index (χ4n) is 3.58. The summed E-state index contributed by atoms with van der Waals surface area (Å²) in [5.41, 5.74) is 6.89. The Morgan fingerprint density at radius 2 is 1.78 bits per heavy atom. The van der Waals surface area contributed by atoms with Crippen molar-refractivity contribution in [2.24, 2.45) is 17.1 Å². The van der Waals surface area contributed by atoms with E-state index in [1.54, 1.807) is 0 Å². The molecule has 0 aromatic heterocycles. The van der Waals surface area contributed by atoms with Crippen LogP contribution in [-0.4, -0.2) is 16.5 Å². The zero-order valence-electron chi connectivity index (χ0n) is 12.5. The fraction of sp³-hybridized carbons (Fsp3) is 1.00. The van der Waals surface area contributed by atoms with Gasteiger partial charge in [0.15, 0.2) is 0 Å². The topological polar surface area (TPSA) is 26.0 Å². The van der Waals surface area contributed by atoms with Crippen molar-refractivity contribution in [1.29, 1.82) is 0 Å². The molecule has 0 saturated heterocycles. The van der Waals surface area contributed by atoms with E-state index in [9.17, 15) is 0 Å². The lowest BCUT2D eigenvalue weighted by Crippen LogP contribution is -2.42. The minimum Gasteiger partial charge on any atom is -0.327 e. The third kappa shape index (κ3) is 3.45. The van der Waals surface area contributed by atoms with Gasteiger partial charge in [-0.05, 0) is 43.4 Å². The van der Waals surface area contributed by atoms with E-state index in [1.165, 1.54) is 51.4 Å². The molecule has 0 heterocycles. The van der Waals surface area contributed by atoms with Crippen LogP contribution in [0.1, 0.15) is 72.1 Å². The normalized spacial score (nSPS) is 35.0. The molecule has 0 aromatic carbocycles. The summed E-state index contributed by atoms with van der Waals surface area (Å²) in [4.78, 5) is 0. The van der Waals surface area contributed by atoms with E-state index in [0.717, 1.165) is 16.4 Å². The zero-order valence-corrected chi connectivity index (χ0v) is 13.3. The highest BCUT2D eigenvalue weighted by molar-refractivity contribution is 8.00. The van der Waals surface area contributed by atoms with Crippen LogP contribution in [0.4, 0.5) is 0 Å². The molecule has 3 atom stereocenters. The SMILES string of the molecule is CCC(C)(C)C1CCC(N)C(SC2CCCC2)C1. The number of nitrogens with two attached hydrogens (primary N) is 1. The van der Waals surface area contributed by atoms with Gasteiger partial charge < -0.3 is 5.73 Å². The Balaban J connectivity index is 1.91.